The topological polar surface area (TPSA) is 37.4 Å². The summed E-state index contributed by atoms with van der Waals surface area (Å²) in [6, 6.07) is 10.6. The Morgan fingerprint density at radius 2 is 2.24 bits per heavy atom. The second-order valence-electron chi connectivity index (χ2n) is 5.74. The van der Waals surface area contributed by atoms with E-state index in [0.717, 1.165) is 37.5 Å². The van der Waals surface area contributed by atoms with Gasteiger partial charge in [-0.3, -0.25) is 4.98 Å². The highest BCUT2D eigenvalue weighted by Gasteiger charge is 2.24. The van der Waals surface area contributed by atoms with Crippen molar-refractivity contribution in [3.8, 4) is 0 Å². The van der Waals surface area contributed by atoms with E-state index >= 15 is 0 Å². The lowest BCUT2D eigenvalue weighted by molar-refractivity contribution is 0.161. The summed E-state index contributed by atoms with van der Waals surface area (Å²) in [4.78, 5) is 7.22. The van der Waals surface area contributed by atoms with Crippen molar-refractivity contribution in [2.45, 2.75) is 13.0 Å². The molecule has 1 aliphatic heterocycles. The number of nitrogens with zero attached hydrogens (tertiary/aromatic N) is 2. The molecule has 21 heavy (non-hydrogen) atoms. The van der Waals surface area contributed by atoms with Crippen LogP contribution in [0.25, 0.3) is 10.9 Å². The summed E-state index contributed by atoms with van der Waals surface area (Å²) in [5.41, 5.74) is 3.49. The van der Waals surface area contributed by atoms with E-state index in [4.69, 9.17) is 9.72 Å². The van der Waals surface area contributed by atoms with Crippen molar-refractivity contribution in [1.29, 1.82) is 0 Å². The average Bonchev–Trinajstić information content (AvgIpc) is 2.96. The Kier molecular flexibility index (Phi) is 4.36. The van der Waals surface area contributed by atoms with E-state index in [1.54, 1.807) is 7.11 Å². The standard InChI is InChI=1S/C17H23N3O/c1-18-10-14-9-17(15-5-3-4-6-16(15)19-14)20-8-7-13(11-20)12-21-2/h3-6,9,13,18H,7-8,10-12H2,1-2H3. The lowest BCUT2D eigenvalue weighted by Crippen LogP contribution is -2.22. The zero-order valence-corrected chi connectivity index (χ0v) is 12.8. The molecule has 2 heterocycles. The van der Waals surface area contributed by atoms with Crippen LogP contribution in [0.1, 0.15) is 12.1 Å². The summed E-state index contributed by atoms with van der Waals surface area (Å²) < 4.78 is 5.31. The number of para-hydroxylation sites is 1. The van der Waals surface area contributed by atoms with Crippen LogP contribution in [0.2, 0.25) is 0 Å². The number of fused-ring (bicyclic) bond motifs is 1. The third-order valence-corrected chi connectivity index (χ3v) is 4.13. The van der Waals surface area contributed by atoms with Gasteiger partial charge in [0, 0.05) is 43.7 Å². The summed E-state index contributed by atoms with van der Waals surface area (Å²) in [5, 5.41) is 4.44. The predicted octanol–water partition coefficient (Wildman–Crippen LogP) is 2.43. The normalized spacial score (nSPS) is 18.6. The molecule has 0 saturated carbocycles. The van der Waals surface area contributed by atoms with Gasteiger partial charge in [0.2, 0.25) is 0 Å². The van der Waals surface area contributed by atoms with Crippen molar-refractivity contribution >= 4 is 16.6 Å². The van der Waals surface area contributed by atoms with Gasteiger partial charge in [-0.05, 0) is 25.6 Å². The molecule has 1 fully saturated rings. The first kappa shape index (κ1) is 14.3. The van der Waals surface area contributed by atoms with Crippen LogP contribution in [0.4, 0.5) is 5.69 Å². The Morgan fingerprint density at radius 1 is 1.38 bits per heavy atom. The summed E-state index contributed by atoms with van der Waals surface area (Å²) >= 11 is 0. The minimum atomic E-state index is 0.634. The third kappa shape index (κ3) is 3.01. The zero-order chi connectivity index (χ0) is 14.7. The molecule has 1 aliphatic rings. The highest BCUT2D eigenvalue weighted by atomic mass is 16.5. The second-order valence-corrected chi connectivity index (χ2v) is 5.74. The fourth-order valence-electron chi connectivity index (χ4n) is 3.17. The molecule has 1 N–H and O–H groups in total. The number of nitrogens with one attached hydrogen (secondary N) is 1. The van der Waals surface area contributed by atoms with Crippen LogP contribution >= 0.6 is 0 Å². The molecule has 0 aliphatic carbocycles. The summed E-state index contributed by atoms with van der Waals surface area (Å²) in [7, 11) is 3.75. The molecular weight excluding hydrogens is 262 g/mol. The van der Waals surface area contributed by atoms with Crippen molar-refractivity contribution in [2.24, 2.45) is 5.92 Å². The molecule has 112 valence electrons. The molecule has 0 amide bonds. The molecule has 1 atom stereocenters. The number of aromatic nitrogens is 1. The van der Waals surface area contributed by atoms with E-state index in [1.807, 2.05) is 7.05 Å². The van der Waals surface area contributed by atoms with Gasteiger partial charge in [0.15, 0.2) is 0 Å². The molecule has 1 aromatic heterocycles. The number of anilines is 1. The van der Waals surface area contributed by atoms with Crippen LogP contribution in [-0.2, 0) is 11.3 Å². The molecule has 0 spiro atoms. The number of ether oxygens (including phenoxy) is 1. The molecule has 1 saturated heterocycles. The Balaban J connectivity index is 1.96. The van der Waals surface area contributed by atoms with Crippen LogP contribution in [0.5, 0.6) is 0 Å². The lowest BCUT2D eigenvalue weighted by Gasteiger charge is -2.21. The van der Waals surface area contributed by atoms with Crippen LogP contribution in [-0.4, -0.2) is 38.8 Å². The summed E-state index contributed by atoms with van der Waals surface area (Å²) in [6.07, 6.45) is 1.20. The molecule has 3 rings (SSSR count). The van der Waals surface area contributed by atoms with Crippen molar-refractivity contribution in [1.82, 2.24) is 10.3 Å². The Bertz CT molecular complexity index is 614. The SMILES string of the molecule is CNCc1cc(N2CCC(COC)C2)c2ccccc2n1. The van der Waals surface area contributed by atoms with E-state index in [1.165, 1.54) is 17.5 Å². The highest BCUT2D eigenvalue weighted by molar-refractivity contribution is 5.92. The van der Waals surface area contributed by atoms with Gasteiger partial charge < -0.3 is 15.0 Å². The second kappa shape index (κ2) is 6.41. The molecule has 2 aromatic rings. The fraction of sp³-hybridized carbons (Fsp3) is 0.471. The smallest absolute Gasteiger partial charge is 0.0726 e. The van der Waals surface area contributed by atoms with Crippen molar-refractivity contribution in [3.05, 3.63) is 36.0 Å². The molecule has 4 heteroatoms. The predicted molar refractivity (Wildman–Crippen MR) is 86.7 cm³/mol. The third-order valence-electron chi connectivity index (χ3n) is 4.13. The molecular formula is C17H23N3O. The van der Waals surface area contributed by atoms with E-state index < -0.39 is 0 Å². The maximum atomic E-state index is 5.31. The van der Waals surface area contributed by atoms with Crippen LogP contribution in [0, 0.1) is 5.92 Å². The maximum Gasteiger partial charge on any atom is 0.0726 e. The van der Waals surface area contributed by atoms with Gasteiger partial charge in [-0.25, -0.2) is 0 Å². The number of pyridine rings is 1. The quantitative estimate of drug-likeness (QED) is 0.915. The van der Waals surface area contributed by atoms with Crippen molar-refractivity contribution < 1.29 is 4.74 Å². The van der Waals surface area contributed by atoms with Crippen LogP contribution in [0.15, 0.2) is 30.3 Å². The highest BCUT2D eigenvalue weighted by Crippen LogP contribution is 2.31. The largest absolute Gasteiger partial charge is 0.384 e. The molecule has 1 unspecified atom stereocenters. The number of methoxy groups -OCH3 is 1. The zero-order valence-electron chi connectivity index (χ0n) is 12.8. The molecule has 0 radical (unpaired) electrons. The van der Waals surface area contributed by atoms with Gasteiger partial charge in [-0.2, -0.15) is 0 Å². The van der Waals surface area contributed by atoms with Crippen molar-refractivity contribution in [3.63, 3.8) is 0 Å². The van der Waals surface area contributed by atoms with Gasteiger partial charge in [0.25, 0.3) is 0 Å². The number of rotatable bonds is 5. The van der Waals surface area contributed by atoms with E-state index in [0.29, 0.717) is 5.92 Å². The fourth-order valence-corrected chi connectivity index (χ4v) is 3.17. The monoisotopic (exact) mass is 285 g/mol. The van der Waals surface area contributed by atoms with Gasteiger partial charge in [-0.1, -0.05) is 18.2 Å². The Labute approximate surface area is 126 Å². The first-order valence-corrected chi connectivity index (χ1v) is 7.59. The van der Waals surface area contributed by atoms with Gasteiger partial charge >= 0.3 is 0 Å². The minimum Gasteiger partial charge on any atom is -0.384 e. The van der Waals surface area contributed by atoms with Crippen LogP contribution < -0.4 is 10.2 Å². The number of hydrogen-bond acceptors (Lipinski definition) is 4. The minimum absolute atomic E-state index is 0.634. The number of hydrogen-bond donors (Lipinski definition) is 1. The Morgan fingerprint density at radius 3 is 3.05 bits per heavy atom. The van der Waals surface area contributed by atoms with E-state index in [-0.39, 0.29) is 0 Å². The lowest BCUT2D eigenvalue weighted by atomic mass is 10.1. The van der Waals surface area contributed by atoms with Gasteiger partial charge in [0.1, 0.15) is 0 Å². The van der Waals surface area contributed by atoms with Gasteiger partial charge in [-0.15, -0.1) is 0 Å². The summed E-state index contributed by atoms with van der Waals surface area (Å²) in [5.74, 6) is 0.634. The number of benzene rings is 1. The van der Waals surface area contributed by atoms with E-state index in [2.05, 4.69) is 40.5 Å². The average molecular weight is 285 g/mol. The Hall–Kier alpha value is -1.65. The maximum absolute atomic E-state index is 5.31. The van der Waals surface area contributed by atoms with Crippen molar-refractivity contribution in [2.75, 3.05) is 38.8 Å². The first-order chi connectivity index (χ1) is 10.3. The first-order valence-electron chi connectivity index (χ1n) is 7.59. The summed E-state index contributed by atoms with van der Waals surface area (Å²) in [6.45, 7) is 3.82. The molecule has 1 aromatic carbocycles. The molecule has 4 nitrogen and oxygen atoms in total. The van der Waals surface area contributed by atoms with E-state index in [9.17, 15) is 0 Å². The molecule has 0 bridgehead atoms. The van der Waals surface area contributed by atoms with Gasteiger partial charge in [0.05, 0.1) is 17.8 Å². The van der Waals surface area contributed by atoms with Crippen LogP contribution in [0.3, 0.4) is 0 Å².